The van der Waals surface area contributed by atoms with Crippen molar-refractivity contribution in [2.45, 2.75) is 6.42 Å². The molecule has 4 aromatic rings. The molecule has 0 unspecified atom stereocenters. The molecule has 5 N–H and O–H groups in total. The smallest absolute Gasteiger partial charge is 0.272 e. The van der Waals surface area contributed by atoms with E-state index in [4.69, 9.17) is 5.41 Å². The maximum Gasteiger partial charge on any atom is 0.272 e. The van der Waals surface area contributed by atoms with Crippen LogP contribution in [0.25, 0.3) is 12.2 Å². The van der Waals surface area contributed by atoms with Crippen molar-refractivity contribution in [3.05, 3.63) is 95.3 Å². The highest BCUT2D eigenvalue weighted by atomic mass is 16.6. The Bertz CT molecular complexity index is 1700. The van der Waals surface area contributed by atoms with Crippen molar-refractivity contribution >= 4 is 52.8 Å². The minimum absolute atomic E-state index is 0.136. The fourth-order valence-electron chi connectivity index (χ4n) is 4.38. The van der Waals surface area contributed by atoms with Crippen LogP contribution in [0.2, 0.25) is 0 Å². The molecule has 0 radical (unpaired) electrons. The summed E-state index contributed by atoms with van der Waals surface area (Å²) in [6.45, 7) is 0.238. The average molecular weight is 612 g/mol. The zero-order valence-electron chi connectivity index (χ0n) is 25.8. The number of nitrogens with one attached hydrogen (secondary N) is 5. The van der Waals surface area contributed by atoms with Gasteiger partial charge in [-0.25, -0.2) is 0 Å². The topological polar surface area (TPSA) is 158 Å². The molecule has 0 saturated heterocycles. The highest BCUT2D eigenvalue weighted by Gasteiger charge is 2.17. The highest BCUT2D eigenvalue weighted by molar-refractivity contribution is 6.07. The second-order valence-corrected chi connectivity index (χ2v) is 10.4. The molecule has 0 atom stereocenters. The molecule has 45 heavy (non-hydrogen) atoms. The second-order valence-electron chi connectivity index (χ2n) is 10.4. The lowest BCUT2D eigenvalue weighted by Gasteiger charge is -2.11. The first kappa shape index (κ1) is 32.2. The van der Waals surface area contributed by atoms with E-state index >= 15 is 0 Å². The van der Waals surface area contributed by atoms with Crippen molar-refractivity contribution in [3.8, 4) is 0 Å². The van der Waals surface area contributed by atoms with Gasteiger partial charge in [-0.15, -0.1) is 0 Å². The monoisotopic (exact) mass is 611 g/mol. The zero-order valence-corrected chi connectivity index (χ0v) is 25.8. The first-order valence-corrected chi connectivity index (χ1v) is 14.1. The molecular formula is C32H37N9O4. The lowest BCUT2D eigenvalue weighted by molar-refractivity contribution is 0.0944. The maximum atomic E-state index is 13.0. The van der Waals surface area contributed by atoms with Crippen molar-refractivity contribution in [3.63, 3.8) is 0 Å². The number of hydrogen-bond donors (Lipinski definition) is 5. The van der Waals surface area contributed by atoms with Crippen LogP contribution < -0.4 is 26.3 Å². The number of aryl methyl sites for hydroxylation is 2. The molecule has 4 rings (SSSR count). The summed E-state index contributed by atoms with van der Waals surface area (Å²) in [7, 11) is 8.78. The second kappa shape index (κ2) is 14.7. The summed E-state index contributed by atoms with van der Waals surface area (Å²) < 4.78 is 3.19. The van der Waals surface area contributed by atoms with Gasteiger partial charge in [0.15, 0.2) is 0 Å². The lowest BCUT2D eigenvalue weighted by Crippen LogP contribution is -2.30. The van der Waals surface area contributed by atoms with Crippen molar-refractivity contribution in [2.24, 2.45) is 14.1 Å². The van der Waals surface area contributed by atoms with Crippen molar-refractivity contribution in [1.29, 1.82) is 5.41 Å². The van der Waals surface area contributed by atoms with Gasteiger partial charge >= 0.3 is 0 Å². The molecular weight excluding hydrogens is 574 g/mol. The Morgan fingerprint density at radius 2 is 1.51 bits per heavy atom. The number of carbonyl (C=O) groups excluding carboxylic acids is 3. The molecule has 0 fully saturated rings. The molecule has 0 aliphatic heterocycles. The Kier molecular flexibility index (Phi) is 10.5. The van der Waals surface area contributed by atoms with Crippen LogP contribution in [0.15, 0.2) is 67.1 Å². The third-order valence-corrected chi connectivity index (χ3v) is 6.78. The van der Waals surface area contributed by atoms with E-state index in [1.54, 1.807) is 59.9 Å². The molecule has 0 saturated carbocycles. The number of amides is 3. The third kappa shape index (κ3) is 8.67. The predicted octanol–water partition coefficient (Wildman–Crippen LogP) is 3.75. The molecule has 0 bridgehead atoms. The van der Waals surface area contributed by atoms with Crippen LogP contribution >= 0.6 is 0 Å². The van der Waals surface area contributed by atoms with Crippen molar-refractivity contribution in [1.82, 2.24) is 24.9 Å². The van der Waals surface area contributed by atoms with Gasteiger partial charge in [0.1, 0.15) is 17.2 Å². The Balaban J connectivity index is 1.32. The number of amidine groups is 1. The summed E-state index contributed by atoms with van der Waals surface area (Å²) in [5.41, 5.74) is 7.16. The number of anilines is 3. The number of nitrogens with zero attached hydrogens (tertiary/aromatic N) is 4. The summed E-state index contributed by atoms with van der Waals surface area (Å²) in [6.07, 6.45) is 8.88. The number of carbonyl (C=O) groups is 3. The number of pyridine rings is 1. The van der Waals surface area contributed by atoms with E-state index < -0.39 is 5.91 Å². The van der Waals surface area contributed by atoms with Crippen LogP contribution in [0.3, 0.4) is 0 Å². The number of rotatable bonds is 12. The maximum absolute atomic E-state index is 13.0. The zero-order chi connectivity index (χ0) is 32.5. The van der Waals surface area contributed by atoms with E-state index in [9.17, 15) is 14.4 Å². The summed E-state index contributed by atoms with van der Waals surface area (Å²) in [6, 6.07) is 14.7. The molecule has 3 amide bonds. The lowest BCUT2D eigenvalue weighted by atomic mass is 10.1. The number of hydroxylamine groups is 1. The minimum Gasteiger partial charge on any atom is -0.378 e. The largest absolute Gasteiger partial charge is 0.378 e. The van der Waals surface area contributed by atoms with Crippen LogP contribution in [0.5, 0.6) is 0 Å². The van der Waals surface area contributed by atoms with Gasteiger partial charge < -0.3 is 30.0 Å². The highest BCUT2D eigenvalue weighted by Crippen LogP contribution is 2.19. The van der Waals surface area contributed by atoms with Crippen LogP contribution in [0, 0.1) is 5.41 Å². The van der Waals surface area contributed by atoms with Gasteiger partial charge in [0.2, 0.25) is 0 Å². The molecule has 234 valence electrons. The van der Waals surface area contributed by atoms with Gasteiger partial charge in [-0.2, -0.15) is 0 Å². The van der Waals surface area contributed by atoms with Gasteiger partial charge in [-0.1, -0.05) is 18.2 Å². The molecule has 0 aliphatic rings. The van der Waals surface area contributed by atoms with E-state index in [1.807, 2.05) is 55.4 Å². The SMILES string of the molecule is CONC(=N)CCNC(=O)c1cc(NC(=O)c2cc(NC(=O)c3ccc(/C=C/c4ccc(N(C)C)cc4)nc3)cn2C)cn1C. The van der Waals surface area contributed by atoms with Gasteiger partial charge in [-0.05, 0) is 48.0 Å². The van der Waals surface area contributed by atoms with E-state index in [2.05, 4.69) is 31.3 Å². The third-order valence-electron chi connectivity index (χ3n) is 6.78. The van der Waals surface area contributed by atoms with E-state index in [1.165, 1.54) is 13.3 Å². The molecule has 13 heteroatoms. The van der Waals surface area contributed by atoms with E-state index in [0.29, 0.717) is 34.0 Å². The van der Waals surface area contributed by atoms with E-state index in [0.717, 1.165) is 11.3 Å². The fraction of sp³-hybridized carbons (Fsp3) is 0.219. The Morgan fingerprint density at radius 3 is 2.09 bits per heavy atom. The number of hydrogen-bond acceptors (Lipinski definition) is 7. The average Bonchev–Trinajstić information content (AvgIpc) is 3.57. The molecule has 0 aliphatic carbocycles. The Hall–Kier alpha value is -5.69. The minimum atomic E-state index is -0.413. The van der Waals surface area contributed by atoms with Crippen LogP contribution in [-0.2, 0) is 18.9 Å². The quantitative estimate of drug-likeness (QED) is 0.0927. The molecule has 13 nitrogen and oxygen atoms in total. The van der Waals surface area contributed by atoms with Gasteiger partial charge in [0.05, 0.1) is 29.7 Å². The van der Waals surface area contributed by atoms with Crippen molar-refractivity contribution in [2.75, 3.05) is 43.3 Å². The van der Waals surface area contributed by atoms with Crippen LogP contribution in [-0.4, -0.2) is 65.4 Å². The molecule has 3 aromatic heterocycles. The number of benzene rings is 1. The Morgan fingerprint density at radius 1 is 0.889 bits per heavy atom. The molecule has 0 spiro atoms. The summed E-state index contributed by atoms with van der Waals surface area (Å²) in [5, 5.41) is 16.0. The van der Waals surface area contributed by atoms with Crippen LogP contribution in [0.1, 0.15) is 49.0 Å². The normalized spacial score (nSPS) is 10.9. The van der Waals surface area contributed by atoms with Crippen molar-refractivity contribution < 1.29 is 19.2 Å². The van der Waals surface area contributed by atoms with Gasteiger partial charge in [0, 0.05) is 65.4 Å². The predicted molar refractivity (Wildman–Crippen MR) is 175 cm³/mol. The first-order valence-electron chi connectivity index (χ1n) is 14.1. The molecule has 1 aromatic carbocycles. The van der Waals surface area contributed by atoms with Gasteiger partial charge in [0.25, 0.3) is 17.7 Å². The fourth-order valence-corrected chi connectivity index (χ4v) is 4.38. The van der Waals surface area contributed by atoms with Crippen LogP contribution in [0.4, 0.5) is 17.1 Å². The Labute approximate surface area is 261 Å². The van der Waals surface area contributed by atoms with Gasteiger partial charge in [-0.3, -0.25) is 35.1 Å². The summed E-state index contributed by atoms with van der Waals surface area (Å²) in [5.74, 6) is -0.984. The standard InChI is InChI=1S/C32H37N9O4/c1-39(2)26-12-7-21(8-13-26)6-10-23-11-9-22(18-35-23)30(42)36-24-17-28(41(4)19-24)32(44)37-25-16-27(40(3)20-25)31(43)34-15-14-29(33)38-45-5/h6-13,16-20H,14-15H2,1-5H3,(H2,33,38)(H,34,43)(H,36,42)(H,37,44)/b10-6+. The van der Waals surface area contributed by atoms with E-state index in [-0.39, 0.29) is 30.6 Å². The number of aromatic nitrogens is 3. The summed E-state index contributed by atoms with van der Waals surface area (Å²) >= 11 is 0. The molecule has 3 heterocycles. The first-order chi connectivity index (χ1) is 21.5. The summed E-state index contributed by atoms with van der Waals surface area (Å²) in [4.78, 5) is 49.6.